The minimum Gasteiger partial charge on any atom is -0.378 e. The van der Waals surface area contributed by atoms with Crippen molar-refractivity contribution in [2.24, 2.45) is 0 Å². The average molecular weight is 436 g/mol. The van der Waals surface area contributed by atoms with Gasteiger partial charge >= 0.3 is 0 Å². The SMILES string of the molecule is O=C1C(c2ccc(Cl)cc2)=C(N2CCOCC2)C(=O)N1CCc1c[nH]c2ccccc12. The third-order valence-corrected chi connectivity index (χ3v) is 6.14. The van der Waals surface area contributed by atoms with Crippen LogP contribution in [0.4, 0.5) is 0 Å². The number of fused-ring (bicyclic) bond motifs is 1. The van der Waals surface area contributed by atoms with Gasteiger partial charge < -0.3 is 14.6 Å². The van der Waals surface area contributed by atoms with Crippen LogP contribution < -0.4 is 0 Å². The van der Waals surface area contributed by atoms with Crippen molar-refractivity contribution in [1.29, 1.82) is 0 Å². The summed E-state index contributed by atoms with van der Waals surface area (Å²) in [6.07, 6.45) is 2.54. The maximum atomic E-state index is 13.4. The van der Waals surface area contributed by atoms with Crippen molar-refractivity contribution in [3.8, 4) is 0 Å². The van der Waals surface area contributed by atoms with E-state index in [9.17, 15) is 9.59 Å². The fourth-order valence-corrected chi connectivity index (χ4v) is 4.42. The number of carbonyl (C=O) groups excluding carboxylic acids is 2. The topological polar surface area (TPSA) is 65.6 Å². The number of benzene rings is 2. The van der Waals surface area contributed by atoms with Gasteiger partial charge in [0.1, 0.15) is 5.70 Å². The van der Waals surface area contributed by atoms with Gasteiger partial charge in [-0.05, 0) is 35.7 Å². The Hall–Kier alpha value is -3.09. The monoisotopic (exact) mass is 435 g/mol. The molecule has 6 nitrogen and oxygen atoms in total. The molecule has 3 aromatic rings. The number of ether oxygens (including phenoxy) is 1. The normalized spacial score (nSPS) is 17.3. The van der Waals surface area contributed by atoms with E-state index in [0.29, 0.717) is 61.1 Å². The van der Waals surface area contributed by atoms with E-state index >= 15 is 0 Å². The molecule has 2 aromatic carbocycles. The van der Waals surface area contributed by atoms with Crippen LogP contribution in [0.15, 0.2) is 60.4 Å². The van der Waals surface area contributed by atoms with Crippen LogP contribution in [0.3, 0.4) is 0 Å². The second-order valence-electron chi connectivity index (χ2n) is 7.70. The molecule has 31 heavy (non-hydrogen) atoms. The summed E-state index contributed by atoms with van der Waals surface area (Å²) in [5.74, 6) is -0.495. The number of halogens is 1. The molecule has 3 heterocycles. The first-order chi connectivity index (χ1) is 15.1. The molecule has 0 spiro atoms. The summed E-state index contributed by atoms with van der Waals surface area (Å²) in [5.41, 5.74) is 3.76. The van der Waals surface area contributed by atoms with Gasteiger partial charge in [0, 0.05) is 41.8 Å². The van der Waals surface area contributed by atoms with Crippen molar-refractivity contribution >= 4 is 39.9 Å². The fourth-order valence-electron chi connectivity index (χ4n) is 4.29. The maximum absolute atomic E-state index is 13.4. The first-order valence-electron chi connectivity index (χ1n) is 10.4. The molecule has 1 saturated heterocycles. The molecule has 2 amide bonds. The Kier molecular flexibility index (Phi) is 5.26. The van der Waals surface area contributed by atoms with Crippen LogP contribution in [0.2, 0.25) is 5.02 Å². The molecule has 158 valence electrons. The first-order valence-corrected chi connectivity index (χ1v) is 10.8. The Bertz CT molecular complexity index is 1180. The molecule has 0 atom stereocenters. The van der Waals surface area contributed by atoms with Gasteiger partial charge in [-0.15, -0.1) is 0 Å². The van der Waals surface area contributed by atoms with Gasteiger partial charge in [0.15, 0.2) is 0 Å². The van der Waals surface area contributed by atoms with Gasteiger partial charge in [-0.3, -0.25) is 14.5 Å². The molecule has 0 radical (unpaired) electrons. The molecular formula is C24H22ClN3O3. The van der Waals surface area contributed by atoms with Crippen LogP contribution in [0, 0.1) is 0 Å². The van der Waals surface area contributed by atoms with Crippen molar-refractivity contribution in [3.63, 3.8) is 0 Å². The highest BCUT2D eigenvalue weighted by atomic mass is 35.5. The molecule has 5 rings (SSSR count). The number of para-hydroxylation sites is 1. The number of imide groups is 1. The lowest BCUT2D eigenvalue weighted by Crippen LogP contribution is -2.40. The molecule has 1 aromatic heterocycles. The van der Waals surface area contributed by atoms with E-state index in [4.69, 9.17) is 16.3 Å². The molecule has 1 N–H and O–H groups in total. The number of amides is 2. The van der Waals surface area contributed by atoms with Gasteiger partial charge in [0.2, 0.25) is 0 Å². The van der Waals surface area contributed by atoms with E-state index in [-0.39, 0.29) is 11.8 Å². The Morgan fingerprint density at radius 3 is 2.48 bits per heavy atom. The van der Waals surface area contributed by atoms with Gasteiger partial charge in [0.05, 0.1) is 18.8 Å². The number of nitrogens with one attached hydrogen (secondary N) is 1. The van der Waals surface area contributed by atoms with Crippen LogP contribution in [0.25, 0.3) is 16.5 Å². The van der Waals surface area contributed by atoms with Crippen LogP contribution in [0.5, 0.6) is 0 Å². The van der Waals surface area contributed by atoms with Gasteiger partial charge in [-0.1, -0.05) is 41.9 Å². The van der Waals surface area contributed by atoms with E-state index in [2.05, 4.69) is 4.98 Å². The van der Waals surface area contributed by atoms with Crippen molar-refractivity contribution < 1.29 is 14.3 Å². The average Bonchev–Trinajstić information content (AvgIpc) is 3.32. The molecule has 0 aliphatic carbocycles. The Morgan fingerprint density at radius 2 is 1.71 bits per heavy atom. The summed E-state index contributed by atoms with van der Waals surface area (Å²) >= 11 is 6.04. The lowest BCUT2D eigenvalue weighted by atomic mass is 10.0. The minimum atomic E-state index is -0.256. The smallest absolute Gasteiger partial charge is 0.277 e. The molecule has 0 saturated carbocycles. The molecule has 7 heteroatoms. The molecule has 2 aliphatic rings. The molecule has 0 bridgehead atoms. The summed E-state index contributed by atoms with van der Waals surface area (Å²) in [7, 11) is 0. The predicted molar refractivity (Wildman–Crippen MR) is 119 cm³/mol. The zero-order chi connectivity index (χ0) is 21.4. The van der Waals surface area contributed by atoms with Crippen LogP contribution in [0.1, 0.15) is 11.1 Å². The predicted octanol–water partition coefficient (Wildman–Crippen LogP) is 3.48. The van der Waals surface area contributed by atoms with Crippen molar-refractivity contribution in [2.45, 2.75) is 6.42 Å². The van der Waals surface area contributed by atoms with Crippen LogP contribution >= 0.6 is 11.6 Å². The summed E-state index contributed by atoms with van der Waals surface area (Å²) in [5, 5.41) is 1.70. The lowest BCUT2D eigenvalue weighted by molar-refractivity contribution is -0.137. The largest absolute Gasteiger partial charge is 0.378 e. The Morgan fingerprint density at radius 1 is 0.968 bits per heavy atom. The second-order valence-corrected chi connectivity index (χ2v) is 8.14. The van der Waals surface area contributed by atoms with E-state index < -0.39 is 0 Å². The number of H-pyrrole nitrogens is 1. The van der Waals surface area contributed by atoms with Crippen molar-refractivity contribution in [2.75, 3.05) is 32.8 Å². The van der Waals surface area contributed by atoms with E-state index in [1.807, 2.05) is 35.4 Å². The number of aromatic nitrogens is 1. The van der Waals surface area contributed by atoms with E-state index in [1.54, 1.807) is 24.3 Å². The maximum Gasteiger partial charge on any atom is 0.277 e. The Labute approximate surface area is 185 Å². The molecule has 1 fully saturated rings. The van der Waals surface area contributed by atoms with E-state index in [1.165, 1.54) is 4.90 Å². The fraction of sp³-hybridized carbons (Fsp3) is 0.250. The van der Waals surface area contributed by atoms with Gasteiger partial charge in [0.25, 0.3) is 11.8 Å². The zero-order valence-electron chi connectivity index (χ0n) is 16.9. The summed E-state index contributed by atoms with van der Waals surface area (Å²) in [6, 6.07) is 15.1. The van der Waals surface area contributed by atoms with Crippen molar-refractivity contribution in [1.82, 2.24) is 14.8 Å². The molecule has 2 aliphatic heterocycles. The van der Waals surface area contributed by atoms with Crippen molar-refractivity contribution in [3.05, 3.63) is 76.6 Å². The highest BCUT2D eigenvalue weighted by molar-refractivity contribution is 6.36. The van der Waals surface area contributed by atoms with Crippen LogP contribution in [-0.2, 0) is 20.7 Å². The summed E-state index contributed by atoms with van der Waals surface area (Å²) < 4.78 is 5.45. The first kappa shape index (κ1) is 19.8. The lowest BCUT2D eigenvalue weighted by Gasteiger charge is -2.29. The second kappa shape index (κ2) is 8.21. The number of rotatable bonds is 5. The highest BCUT2D eigenvalue weighted by Crippen LogP contribution is 2.33. The standard InChI is InChI=1S/C24H22ClN3O3/c25-18-7-5-16(6-8-18)21-22(27-11-13-31-14-12-27)24(30)28(23(21)29)10-9-17-15-26-20-4-2-1-3-19(17)20/h1-8,15,26H,9-14H2. The zero-order valence-corrected chi connectivity index (χ0v) is 17.7. The Balaban J connectivity index is 1.45. The number of aromatic amines is 1. The summed E-state index contributed by atoms with van der Waals surface area (Å²) in [4.78, 5) is 33.4. The third kappa shape index (κ3) is 3.62. The number of morpholine rings is 1. The third-order valence-electron chi connectivity index (χ3n) is 5.88. The number of nitrogens with zero attached hydrogens (tertiary/aromatic N) is 2. The summed E-state index contributed by atoms with van der Waals surface area (Å²) in [6.45, 7) is 2.57. The van der Waals surface area contributed by atoms with E-state index in [0.717, 1.165) is 16.5 Å². The highest BCUT2D eigenvalue weighted by Gasteiger charge is 2.41. The number of hydrogen-bond donors (Lipinski definition) is 1. The minimum absolute atomic E-state index is 0.239. The number of hydrogen-bond acceptors (Lipinski definition) is 4. The van der Waals surface area contributed by atoms with Gasteiger partial charge in [-0.2, -0.15) is 0 Å². The molecular weight excluding hydrogens is 414 g/mol. The quantitative estimate of drug-likeness (QED) is 0.623. The van der Waals surface area contributed by atoms with Crippen LogP contribution in [-0.4, -0.2) is 59.4 Å². The van der Waals surface area contributed by atoms with Gasteiger partial charge in [-0.25, -0.2) is 0 Å². The number of carbonyl (C=O) groups is 2. The molecule has 0 unspecified atom stereocenters.